The number of rotatable bonds is 2. The summed E-state index contributed by atoms with van der Waals surface area (Å²) in [6.07, 6.45) is 0.332. The molecule has 0 saturated heterocycles. The number of hydrogen-bond acceptors (Lipinski definition) is 2. The van der Waals surface area contributed by atoms with Gasteiger partial charge in [-0.3, -0.25) is 4.79 Å². The van der Waals surface area contributed by atoms with E-state index in [4.69, 9.17) is 34.8 Å². The van der Waals surface area contributed by atoms with E-state index in [1.54, 1.807) is 6.07 Å². The predicted octanol–water partition coefficient (Wildman–Crippen LogP) is 4.66. The van der Waals surface area contributed by atoms with Gasteiger partial charge < -0.3 is 0 Å². The molecule has 0 fully saturated rings. The van der Waals surface area contributed by atoms with E-state index in [-0.39, 0.29) is 15.7 Å². The van der Waals surface area contributed by atoms with Gasteiger partial charge in [0.2, 0.25) is 0 Å². The molecule has 2 aromatic rings. The molecular weight excluding hydrogens is 299 g/mol. The molecule has 92 valence electrons. The topological polar surface area (TPSA) is 30.0 Å². The van der Waals surface area contributed by atoms with Gasteiger partial charge in [0, 0.05) is 10.6 Å². The molecule has 1 heterocycles. The molecule has 2 nitrogen and oxygen atoms in total. The van der Waals surface area contributed by atoms with Crippen LogP contribution in [-0.4, -0.2) is 11.3 Å². The van der Waals surface area contributed by atoms with Crippen LogP contribution in [0.2, 0.25) is 15.1 Å². The van der Waals surface area contributed by atoms with Crippen LogP contribution >= 0.6 is 34.8 Å². The molecule has 0 N–H and O–H groups in total. The second-order valence-electron chi connectivity index (χ2n) is 3.43. The minimum absolute atomic E-state index is 0.247. The molecule has 0 bridgehead atoms. The average Bonchev–Trinajstić information content (AvgIpc) is 2.34. The van der Waals surface area contributed by atoms with Gasteiger partial charge in [-0.1, -0.05) is 34.8 Å². The smallest absolute Gasteiger partial charge is 0.171 e. The normalized spacial score (nSPS) is 10.4. The van der Waals surface area contributed by atoms with Crippen molar-refractivity contribution in [3.05, 3.63) is 50.8 Å². The van der Waals surface area contributed by atoms with Crippen molar-refractivity contribution in [3.63, 3.8) is 0 Å². The maximum atomic E-state index is 13.2. The van der Waals surface area contributed by atoms with Crippen molar-refractivity contribution in [2.75, 3.05) is 0 Å². The summed E-state index contributed by atoms with van der Waals surface area (Å²) in [5, 5.41) is 0.883. The highest BCUT2D eigenvalue weighted by molar-refractivity contribution is 6.45. The number of benzene rings is 1. The Morgan fingerprint density at radius 3 is 2.56 bits per heavy atom. The molecule has 0 aliphatic carbocycles. The first-order valence-electron chi connectivity index (χ1n) is 4.79. The van der Waals surface area contributed by atoms with Crippen molar-refractivity contribution in [2.45, 2.75) is 0 Å². The van der Waals surface area contributed by atoms with Crippen molar-refractivity contribution in [1.82, 2.24) is 4.98 Å². The second kappa shape index (κ2) is 5.22. The lowest BCUT2D eigenvalue weighted by molar-refractivity contribution is 0.111. The van der Waals surface area contributed by atoms with Gasteiger partial charge >= 0.3 is 0 Å². The van der Waals surface area contributed by atoms with E-state index in [1.807, 2.05) is 0 Å². The minimum Gasteiger partial charge on any atom is -0.296 e. The summed E-state index contributed by atoms with van der Waals surface area (Å²) in [4.78, 5) is 14.5. The van der Waals surface area contributed by atoms with Gasteiger partial charge in [-0.25, -0.2) is 9.37 Å². The van der Waals surface area contributed by atoms with Gasteiger partial charge in [-0.2, -0.15) is 0 Å². The fraction of sp³-hybridized carbons (Fsp3) is 0. The zero-order chi connectivity index (χ0) is 13.3. The van der Waals surface area contributed by atoms with E-state index in [2.05, 4.69) is 4.98 Å². The van der Waals surface area contributed by atoms with Crippen LogP contribution in [0.25, 0.3) is 11.3 Å². The van der Waals surface area contributed by atoms with E-state index in [0.29, 0.717) is 22.6 Å². The van der Waals surface area contributed by atoms with Crippen molar-refractivity contribution < 1.29 is 9.18 Å². The summed E-state index contributed by atoms with van der Waals surface area (Å²) in [7, 11) is 0. The van der Waals surface area contributed by atoms with Crippen molar-refractivity contribution >= 4 is 41.1 Å². The SMILES string of the molecule is O=Cc1nc(-c2cc(Cl)cc(Cl)c2Cl)ccc1F. The highest BCUT2D eigenvalue weighted by Gasteiger charge is 2.12. The zero-order valence-electron chi connectivity index (χ0n) is 8.75. The molecular formula is C12H5Cl3FNO. The Morgan fingerprint density at radius 2 is 1.89 bits per heavy atom. The summed E-state index contributed by atoms with van der Waals surface area (Å²) in [5.41, 5.74) is 0.477. The van der Waals surface area contributed by atoms with Gasteiger partial charge in [0.25, 0.3) is 0 Å². The average molecular weight is 305 g/mol. The quantitative estimate of drug-likeness (QED) is 0.596. The first kappa shape index (κ1) is 13.3. The lowest BCUT2D eigenvalue weighted by atomic mass is 10.1. The van der Waals surface area contributed by atoms with Crippen LogP contribution in [-0.2, 0) is 0 Å². The van der Waals surface area contributed by atoms with Crippen molar-refractivity contribution in [3.8, 4) is 11.3 Å². The monoisotopic (exact) mass is 303 g/mol. The maximum absolute atomic E-state index is 13.2. The lowest BCUT2D eigenvalue weighted by Crippen LogP contribution is -1.95. The Hall–Kier alpha value is -1.16. The van der Waals surface area contributed by atoms with Crippen LogP contribution in [0.5, 0.6) is 0 Å². The lowest BCUT2D eigenvalue weighted by Gasteiger charge is -2.07. The Morgan fingerprint density at radius 1 is 1.17 bits per heavy atom. The number of aromatic nitrogens is 1. The second-order valence-corrected chi connectivity index (χ2v) is 4.65. The van der Waals surface area contributed by atoms with E-state index in [9.17, 15) is 9.18 Å². The number of hydrogen-bond donors (Lipinski definition) is 0. The highest BCUT2D eigenvalue weighted by Crippen LogP contribution is 2.35. The van der Waals surface area contributed by atoms with Crippen LogP contribution in [0, 0.1) is 5.82 Å². The summed E-state index contributed by atoms with van der Waals surface area (Å²) in [6.45, 7) is 0. The molecule has 1 aromatic heterocycles. The van der Waals surface area contributed by atoms with E-state index in [1.165, 1.54) is 12.1 Å². The van der Waals surface area contributed by atoms with Gasteiger partial charge in [-0.15, -0.1) is 0 Å². The van der Waals surface area contributed by atoms with E-state index >= 15 is 0 Å². The van der Waals surface area contributed by atoms with E-state index < -0.39 is 5.82 Å². The van der Waals surface area contributed by atoms with Gasteiger partial charge in [0.1, 0.15) is 5.69 Å². The first-order chi connectivity index (χ1) is 8.52. The highest BCUT2D eigenvalue weighted by atomic mass is 35.5. The molecule has 0 aliphatic rings. The predicted molar refractivity (Wildman–Crippen MR) is 70.0 cm³/mol. The summed E-state index contributed by atoms with van der Waals surface area (Å²) < 4.78 is 13.2. The fourth-order valence-electron chi connectivity index (χ4n) is 1.43. The number of nitrogens with zero attached hydrogens (tertiary/aromatic N) is 1. The summed E-state index contributed by atoms with van der Waals surface area (Å²) in [6, 6.07) is 5.57. The third-order valence-electron chi connectivity index (χ3n) is 2.25. The molecule has 0 radical (unpaired) electrons. The third-order valence-corrected chi connectivity index (χ3v) is 3.27. The third kappa shape index (κ3) is 2.48. The Balaban J connectivity index is 2.65. The Kier molecular flexibility index (Phi) is 3.85. The van der Waals surface area contributed by atoms with Crippen LogP contribution in [0.4, 0.5) is 4.39 Å². The van der Waals surface area contributed by atoms with Crippen molar-refractivity contribution in [2.24, 2.45) is 0 Å². The number of carbonyl (C=O) groups is 1. The molecule has 6 heteroatoms. The largest absolute Gasteiger partial charge is 0.296 e. The molecule has 0 unspecified atom stereocenters. The number of carbonyl (C=O) groups excluding carboxylic acids is 1. The number of pyridine rings is 1. The summed E-state index contributed by atoms with van der Waals surface area (Å²) >= 11 is 17.8. The van der Waals surface area contributed by atoms with Crippen molar-refractivity contribution in [1.29, 1.82) is 0 Å². The molecule has 0 saturated carbocycles. The number of halogens is 4. The molecule has 18 heavy (non-hydrogen) atoms. The standard InChI is InChI=1S/C12H5Cl3FNO/c13-6-3-7(12(15)8(14)4-6)10-2-1-9(16)11(5-18)17-10/h1-5H. The molecule has 0 amide bonds. The van der Waals surface area contributed by atoms with Gasteiger partial charge in [-0.05, 0) is 24.3 Å². The van der Waals surface area contributed by atoms with Crippen LogP contribution in [0.1, 0.15) is 10.5 Å². The van der Waals surface area contributed by atoms with Gasteiger partial charge in [0.15, 0.2) is 12.1 Å². The minimum atomic E-state index is -0.696. The molecule has 0 spiro atoms. The summed E-state index contributed by atoms with van der Waals surface area (Å²) in [5.74, 6) is -0.696. The Labute approximate surface area is 117 Å². The molecule has 1 aromatic carbocycles. The Bertz CT molecular complexity index is 631. The zero-order valence-corrected chi connectivity index (χ0v) is 11.0. The van der Waals surface area contributed by atoms with Crippen LogP contribution < -0.4 is 0 Å². The maximum Gasteiger partial charge on any atom is 0.171 e. The molecule has 0 aliphatic heterocycles. The van der Waals surface area contributed by atoms with Crippen LogP contribution in [0.3, 0.4) is 0 Å². The van der Waals surface area contributed by atoms with Gasteiger partial charge in [0.05, 0.1) is 15.7 Å². The molecule has 0 atom stereocenters. The van der Waals surface area contributed by atoms with Crippen LogP contribution in [0.15, 0.2) is 24.3 Å². The van der Waals surface area contributed by atoms with E-state index in [0.717, 1.165) is 6.07 Å². The fourth-order valence-corrected chi connectivity index (χ4v) is 2.13. The number of aldehydes is 1. The first-order valence-corrected chi connectivity index (χ1v) is 5.93. The molecule has 2 rings (SSSR count).